The van der Waals surface area contributed by atoms with Gasteiger partial charge >= 0.3 is 0 Å². The molecular weight excluding hydrogens is 276 g/mol. The fraction of sp³-hybridized carbons (Fsp3) is 0.611. The molecule has 0 aliphatic carbocycles. The third-order valence-corrected chi connectivity index (χ3v) is 4.20. The smallest absolute Gasteiger partial charge is 0.223 e. The highest BCUT2D eigenvalue weighted by Crippen LogP contribution is 2.17. The second-order valence-corrected chi connectivity index (χ2v) is 6.07. The number of likely N-dealkylation sites (tertiary alicyclic amines) is 1. The standard InChI is InChI=1S/C18H28N2O2/c1-3-10-19-18(21)16-8-11-20(12-9-16)13-14-22-17-6-4-15(2)5-7-17/h4-7,16H,3,8-14H2,1-2H3,(H,19,21). The number of ether oxygens (including phenoxy) is 1. The second-order valence-electron chi connectivity index (χ2n) is 6.07. The number of carbonyl (C=O) groups is 1. The molecule has 1 amide bonds. The fourth-order valence-electron chi connectivity index (χ4n) is 2.74. The molecule has 1 heterocycles. The van der Waals surface area contributed by atoms with Crippen molar-refractivity contribution in [1.29, 1.82) is 0 Å². The highest BCUT2D eigenvalue weighted by atomic mass is 16.5. The zero-order valence-corrected chi connectivity index (χ0v) is 13.8. The van der Waals surface area contributed by atoms with Gasteiger partial charge in [0.1, 0.15) is 12.4 Å². The Morgan fingerprint density at radius 2 is 1.95 bits per heavy atom. The van der Waals surface area contributed by atoms with Gasteiger partial charge in [0.15, 0.2) is 0 Å². The lowest BCUT2D eigenvalue weighted by molar-refractivity contribution is -0.126. The Morgan fingerprint density at radius 3 is 2.59 bits per heavy atom. The van der Waals surface area contributed by atoms with Gasteiger partial charge in [0, 0.05) is 19.0 Å². The molecule has 0 unspecified atom stereocenters. The lowest BCUT2D eigenvalue weighted by Crippen LogP contribution is -2.41. The first-order chi connectivity index (χ1) is 10.7. The van der Waals surface area contributed by atoms with Crippen LogP contribution in [0.15, 0.2) is 24.3 Å². The largest absolute Gasteiger partial charge is 0.492 e. The van der Waals surface area contributed by atoms with E-state index in [2.05, 4.69) is 36.2 Å². The van der Waals surface area contributed by atoms with Crippen LogP contribution in [0.3, 0.4) is 0 Å². The minimum absolute atomic E-state index is 0.195. The number of carbonyl (C=O) groups excluding carboxylic acids is 1. The molecular formula is C18H28N2O2. The van der Waals surface area contributed by atoms with Crippen molar-refractivity contribution in [3.05, 3.63) is 29.8 Å². The van der Waals surface area contributed by atoms with Crippen molar-refractivity contribution in [2.45, 2.75) is 33.1 Å². The molecule has 0 saturated carbocycles. The topological polar surface area (TPSA) is 41.6 Å². The molecule has 1 fully saturated rings. The molecule has 0 aromatic heterocycles. The molecule has 1 aromatic rings. The molecule has 0 atom stereocenters. The van der Waals surface area contributed by atoms with Crippen LogP contribution in [-0.4, -0.2) is 43.6 Å². The molecule has 1 aliphatic heterocycles. The average molecular weight is 304 g/mol. The number of nitrogens with one attached hydrogen (secondary N) is 1. The summed E-state index contributed by atoms with van der Waals surface area (Å²) in [7, 11) is 0. The van der Waals surface area contributed by atoms with E-state index in [0.29, 0.717) is 6.61 Å². The van der Waals surface area contributed by atoms with Crippen molar-refractivity contribution in [3.8, 4) is 5.75 Å². The highest BCUT2D eigenvalue weighted by Gasteiger charge is 2.24. The Labute approximate surface area is 133 Å². The van der Waals surface area contributed by atoms with Crippen molar-refractivity contribution in [2.24, 2.45) is 5.92 Å². The number of hydrogen-bond donors (Lipinski definition) is 1. The summed E-state index contributed by atoms with van der Waals surface area (Å²) < 4.78 is 5.77. The lowest BCUT2D eigenvalue weighted by atomic mass is 9.96. The molecule has 0 spiro atoms. The lowest BCUT2D eigenvalue weighted by Gasteiger charge is -2.31. The van der Waals surface area contributed by atoms with Crippen LogP contribution in [0.4, 0.5) is 0 Å². The van der Waals surface area contributed by atoms with Gasteiger partial charge in [0.05, 0.1) is 0 Å². The molecule has 0 bridgehead atoms. The first kappa shape index (κ1) is 16.8. The number of benzene rings is 1. The normalized spacial score (nSPS) is 16.5. The van der Waals surface area contributed by atoms with Crippen LogP contribution in [-0.2, 0) is 4.79 Å². The van der Waals surface area contributed by atoms with E-state index in [-0.39, 0.29) is 11.8 Å². The molecule has 22 heavy (non-hydrogen) atoms. The van der Waals surface area contributed by atoms with Gasteiger partial charge in [-0.1, -0.05) is 24.6 Å². The molecule has 4 heteroatoms. The van der Waals surface area contributed by atoms with Crippen molar-refractivity contribution < 1.29 is 9.53 Å². The Morgan fingerprint density at radius 1 is 1.27 bits per heavy atom. The summed E-state index contributed by atoms with van der Waals surface area (Å²) in [5, 5.41) is 3.00. The quantitative estimate of drug-likeness (QED) is 0.842. The maximum atomic E-state index is 11.9. The van der Waals surface area contributed by atoms with Gasteiger partial charge in [0.2, 0.25) is 5.91 Å². The summed E-state index contributed by atoms with van der Waals surface area (Å²) in [6.45, 7) is 8.56. The van der Waals surface area contributed by atoms with Gasteiger partial charge in [-0.2, -0.15) is 0 Å². The van der Waals surface area contributed by atoms with Gasteiger partial charge in [-0.05, 0) is 51.4 Å². The van der Waals surface area contributed by atoms with Gasteiger partial charge in [-0.15, -0.1) is 0 Å². The van der Waals surface area contributed by atoms with Gasteiger partial charge in [-0.25, -0.2) is 0 Å². The fourth-order valence-corrected chi connectivity index (χ4v) is 2.74. The Bertz CT molecular complexity index is 451. The minimum atomic E-state index is 0.195. The molecule has 2 rings (SSSR count). The number of rotatable bonds is 7. The first-order valence-electron chi connectivity index (χ1n) is 8.38. The predicted octanol–water partition coefficient (Wildman–Crippen LogP) is 2.61. The Balaban J connectivity index is 1.63. The zero-order chi connectivity index (χ0) is 15.8. The van der Waals surface area contributed by atoms with Crippen LogP contribution < -0.4 is 10.1 Å². The van der Waals surface area contributed by atoms with E-state index in [9.17, 15) is 4.79 Å². The van der Waals surface area contributed by atoms with Gasteiger partial charge in [0.25, 0.3) is 0 Å². The molecule has 4 nitrogen and oxygen atoms in total. The van der Waals surface area contributed by atoms with Crippen molar-refractivity contribution in [2.75, 3.05) is 32.8 Å². The number of aryl methyl sites for hydroxylation is 1. The molecule has 1 aromatic carbocycles. The number of nitrogens with zero attached hydrogens (tertiary/aromatic N) is 1. The average Bonchev–Trinajstić information content (AvgIpc) is 2.55. The molecule has 1 saturated heterocycles. The van der Waals surface area contributed by atoms with E-state index in [1.807, 2.05) is 12.1 Å². The third-order valence-electron chi connectivity index (χ3n) is 4.20. The maximum Gasteiger partial charge on any atom is 0.223 e. The SMILES string of the molecule is CCCNC(=O)C1CCN(CCOc2ccc(C)cc2)CC1. The highest BCUT2D eigenvalue weighted by molar-refractivity contribution is 5.78. The van der Waals surface area contributed by atoms with E-state index >= 15 is 0 Å². The monoisotopic (exact) mass is 304 g/mol. The summed E-state index contributed by atoms with van der Waals surface area (Å²) in [4.78, 5) is 14.3. The first-order valence-corrected chi connectivity index (χ1v) is 8.38. The van der Waals surface area contributed by atoms with Crippen molar-refractivity contribution in [1.82, 2.24) is 10.2 Å². The molecule has 122 valence electrons. The van der Waals surface area contributed by atoms with Gasteiger partial charge < -0.3 is 10.1 Å². The van der Waals surface area contributed by atoms with Crippen LogP contribution in [0, 0.1) is 12.8 Å². The van der Waals surface area contributed by atoms with Crippen LogP contribution in [0.25, 0.3) is 0 Å². The summed E-state index contributed by atoms with van der Waals surface area (Å²) >= 11 is 0. The minimum Gasteiger partial charge on any atom is -0.492 e. The number of piperidine rings is 1. The number of amides is 1. The summed E-state index contributed by atoms with van der Waals surface area (Å²) in [6.07, 6.45) is 2.92. The van der Waals surface area contributed by atoms with Crippen molar-refractivity contribution >= 4 is 5.91 Å². The Kier molecular flexibility index (Phi) is 6.72. The Hall–Kier alpha value is -1.55. The summed E-state index contributed by atoms with van der Waals surface area (Å²) in [5.74, 6) is 1.36. The maximum absolute atomic E-state index is 11.9. The van der Waals surface area contributed by atoms with E-state index in [4.69, 9.17) is 4.74 Å². The molecule has 1 N–H and O–H groups in total. The van der Waals surface area contributed by atoms with Crippen LogP contribution in [0.5, 0.6) is 5.75 Å². The molecule has 1 aliphatic rings. The van der Waals surface area contributed by atoms with Gasteiger partial charge in [-0.3, -0.25) is 9.69 Å². The van der Waals surface area contributed by atoms with E-state index in [1.54, 1.807) is 0 Å². The number of hydrogen-bond acceptors (Lipinski definition) is 3. The van der Waals surface area contributed by atoms with Crippen molar-refractivity contribution in [3.63, 3.8) is 0 Å². The molecule has 0 radical (unpaired) electrons. The predicted molar refractivity (Wildman–Crippen MR) is 89.1 cm³/mol. The van der Waals surface area contributed by atoms with E-state index in [0.717, 1.165) is 51.2 Å². The third kappa shape index (κ3) is 5.34. The summed E-state index contributed by atoms with van der Waals surface area (Å²) in [5.41, 5.74) is 1.25. The second kappa shape index (κ2) is 8.79. The zero-order valence-electron chi connectivity index (χ0n) is 13.8. The van der Waals surface area contributed by atoms with Crippen LogP contribution >= 0.6 is 0 Å². The van der Waals surface area contributed by atoms with Crippen LogP contribution in [0.1, 0.15) is 31.7 Å². The summed E-state index contributed by atoms with van der Waals surface area (Å²) in [6, 6.07) is 8.16. The van der Waals surface area contributed by atoms with E-state index in [1.165, 1.54) is 5.56 Å². The van der Waals surface area contributed by atoms with E-state index < -0.39 is 0 Å². The van der Waals surface area contributed by atoms with Crippen LogP contribution in [0.2, 0.25) is 0 Å².